The molecule has 11 nitrogen and oxygen atoms in total. The Morgan fingerprint density at radius 1 is 0.471 bits per heavy atom. The molecule has 0 aromatic carbocycles. The molecule has 0 bridgehead atoms. The minimum atomic E-state index is -4.77. The fourth-order valence-electron chi connectivity index (χ4n) is 7.53. The first kappa shape index (κ1) is 65.2. The Morgan fingerprint density at radius 2 is 0.809 bits per heavy atom. The molecule has 68 heavy (non-hydrogen) atoms. The van der Waals surface area contributed by atoms with Crippen LogP contribution >= 0.6 is 7.82 Å². The number of unbranched alkanes of at least 4 members (excludes halogenated alkanes) is 27. The smallest absolute Gasteiger partial charge is 0.472 e. The maximum atomic E-state index is 12.4. The molecule has 394 valence electrons. The number of esters is 1. The number of phosphoric ester groups is 1. The van der Waals surface area contributed by atoms with Crippen molar-refractivity contribution in [2.45, 2.75) is 257 Å². The van der Waals surface area contributed by atoms with Gasteiger partial charge in [0.2, 0.25) is 5.91 Å². The maximum absolute atomic E-state index is 12.4. The van der Waals surface area contributed by atoms with Gasteiger partial charge in [-0.1, -0.05) is 209 Å². The van der Waals surface area contributed by atoms with Gasteiger partial charge in [-0.2, -0.15) is 0 Å². The third-order valence-electron chi connectivity index (χ3n) is 11.8. The number of carboxylic acids is 1. The predicted octanol–water partition coefficient (Wildman–Crippen LogP) is 15.5. The second-order valence-electron chi connectivity index (χ2n) is 18.4. The summed E-state index contributed by atoms with van der Waals surface area (Å²) in [5.74, 6) is -2.38. The van der Waals surface area contributed by atoms with E-state index in [0.717, 1.165) is 70.6 Å². The number of hydrogen-bond acceptors (Lipinski definition) is 8. The van der Waals surface area contributed by atoms with Crippen LogP contribution in [0, 0.1) is 0 Å². The summed E-state index contributed by atoms with van der Waals surface area (Å²) in [4.78, 5) is 46.2. The van der Waals surface area contributed by atoms with Crippen molar-refractivity contribution >= 4 is 25.7 Å². The van der Waals surface area contributed by atoms with Crippen LogP contribution in [0.5, 0.6) is 0 Å². The molecule has 1 amide bonds. The van der Waals surface area contributed by atoms with Gasteiger partial charge in [-0.3, -0.25) is 18.6 Å². The van der Waals surface area contributed by atoms with E-state index in [-0.39, 0.29) is 12.8 Å². The van der Waals surface area contributed by atoms with Gasteiger partial charge >= 0.3 is 19.8 Å². The molecule has 3 unspecified atom stereocenters. The van der Waals surface area contributed by atoms with E-state index in [4.69, 9.17) is 13.8 Å². The van der Waals surface area contributed by atoms with Crippen molar-refractivity contribution in [3.8, 4) is 0 Å². The average molecular weight is 978 g/mol. The fourth-order valence-corrected chi connectivity index (χ4v) is 8.30. The van der Waals surface area contributed by atoms with Crippen LogP contribution in [0.4, 0.5) is 0 Å². The zero-order valence-electron chi connectivity index (χ0n) is 43.2. The van der Waals surface area contributed by atoms with Gasteiger partial charge in [0.05, 0.1) is 13.2 Å². The number of carboxylic acid groups (broad SMARTS) is 1. The van der Waals surface area contributed by atoms with Crippen LogP contribution in [-0.4, -0.2) is 64.9 Å². The summed E-state index contributed by atoms with van der Waals surface area (Å²) in [5.41, 5.74) is 0. The Bertz CT molecular complexity index is 1380. The molecule has 0 heterocycles. The third kappa shape index (κ3) is 49.6. The number of nitrogens with one attached hydrogen (secondary N) is 1. The summed E-state index contributed by atoms with van der Waals surface area (Å²) in [5, 5.41) is 22.0. The highest BCUT2D eigenvalue weighted by molar-refractivity contribution is 7.47. The summed E-state index contributed by atoms with van der Waals surface area (Å²) in [6.07, 6.45) is 60.9. The minimum absolute atomic E-state index is 0.136. The van der Waals surface area contributed by atoms with Gasteiger partial charge in [0.15, 0.2) is 6.04 Å². The number of hydrogen-bond donors (Lipinski definition) is 4. The summed E-state index contributed by atoms with van der Waals surface area (Å²) >= 11 is 0. The quantitative estimate of drug-likeness (QED) is 0.0199. The Hall–Kier alpha value is -2.82. The standard InChI is InChI=1S/C56H100NO10P/c1-3-5-7-9-11-13-15-17-19-21-23-25-26-28-30-32-34-36-38-40-42-44-46-48-55(60)65-49-52(58)50-66-68(63,64)67-51-53(56(61)62)57-54(59)47-45-43-41-39-37-35-33-31-29-27-24-22-20-18-16-14-12-10-8-6-4-2/h11-14,17-20,24,27,52-53,58H,3-10,15-16,21-23,25-26,28-51H2,1-2H3,(H,57,59)(H,61,62)(H,63,64)/b13-11-,14-12-,19-17-,20-18-,27-24-. The molecule has 0 rings (SSSR count). The highest BCUT2D eigenvalue weighted by atomic mass is 31.2. The molecular weight excluding hydrogens is 878 g/mol. The molecular formula is C56H100NO10P. The van der Waals surface area contributed by atoms with E-state index < -0.39 is 57.6 Å². The Labute approximate surface area is 415 Å². The number of aliphatic hydroxyl groups excluding tert-OH is 1. The molecule has 0 spiro atoms. The third-order valence-corrected chi connectivity index (χ3v) is 12.7. The Balaban J connectivity index is 3.81. The van der Waals surface area contributed by atoms with Crippen LogP contribution in [0.1, 0.15) is 245 Å². The average Bonchev–Trinajstić information content (AvgIpc) is 3.32. The minimum Gasteiger partial charge on any atom is -0.480 e. The molecule has 12 heteroatoms. The van der Waals surface area contributed by atoms with Crippen molar-refractivity contribution in [3.05, 3.63) is 60.8 Å². The number of carbonyl (C=O) groups is 3. The van der Waals surface area contributed by atoms with Gasteiger partial charge in [0.1, 0.15) is 12.7 Å². The number of allylic oxidation sites excluding steroid dienone is 10. The SMILES string of the molecule is CCCCC/C=C\C/C=C\C/C=C\CCCCCCCCCCC(=O)NC(COP(=O)(O)OCC(O)COC(=O)CCCCCCCCCCCCCCC/C=C\C/C=C\CCCCC)C(=O)O. The lowest BCUT2D eigenvalue weighted by Crippen LogP contribution is -2.43. The first-order valence-electron chi connectivity index (χ1n) is 27.3. The van der Waals surface area contributed by atoms with Gasteiger partial charge in [0, 0.05) is 12.8 Å². The lowest BCUT2D eigenvalue weighted by Gasteiger charge is -2.18. The van der Waals surface area contributed by atoms with Crippen molar-refractivity contribution in [2.24, 2.45) is 0 Å². The second-order valence-corrected chi connectivity index (χ2v) is 19.9. The molecule has 0 aliphatic heterocycles. The highest BCUT2D eigenvalue weighted by Gasteiger charge is 2.28. The van der Waals surface area contributed by atoms with Crippen LogP contribution in [0.3, 0.4) is 0 Å². The van der Waals surface area contributed by atoms with Crippen LogP contribution < -0.4 is 5.32 Å². The van der Waals surface area contributed by atoms with Crippen LogP contribution in [0.25, 0.3) is 0 Å². The largest absolute Gasteiger partial charge is 0.480 e. The van der Waals surface area contributed by atoms with Crippen LogP contribution in [0.15, 0.2) is 60.8 Å². The van der Waals surface area contributed by atoms with E-state index in [0.29, 0.717) is 12.8 Å². The topological polar surface area (TPSA) is 169 Å². The lowest BCUT2D eigenvalue weighted by molar-refractivity contribution is -0.147. The van der Waals surface area contributed by atoms with Crippen molar-refractivity contribution < 1.29 is 47.8 Å². The normalized spacial score (nSPS) is 13.9. The van der Waals surface area contributed by atoms with Gasteiger partial charge in [-0.05, 0) is 83.5 Å². The van der Waals surface area contributed by atoms with Crippen molar-refractivity contribution in [1.82, 2.24) is 5.32 Å². The Morgan fingerprint density at radius 3 is 1.21 bits per heavy atom. The number of carbonyl (C=O) groups excluding carboxylic acids is 2. The van der Waals surface area contributed by atoms with Crippen molar-refractivity contribution in [3.63, 3.8) is 0 Å². The van der Waals surface area contributed by atoms with Gasteiger partial charge in [-0.15, -0.1) is 0 Å². The number of aliphatic hydroxyl groups is 1. The van der Waals surface area contributed by atoms with Crippen molar-refractivity contribution in [1.29, 1.82) is 0 Å². The molecule has 0 aromatic rings. The van der Waals surface area contributed by atoms with Gasteiger partial charge in [0.25, 0.3) is 0 Å². The monoisotopic (exact) mass is 978 g/mol. The van der Waals surface area contributed by atoms with E-state index in [9.17, 15) is 34.1 Å². The summed E-state index contributed by atoms with van der Waals surface area (Å²) in [6.45, 7) is 2.57. The lowest BCUT2D eigenvalue weighted by atomic mass is 10.0. The first-order chi connectivity index (χ1) is 33.1. The molecule has 0 aliphatic carbocycles. The zero-order chi connectivity index (χ0) is 49.9. The fraction of sp³-hybridized carbons (Fsp3) is 0.768. The molecule has 0 fully saturated rings. The molecule has 4 N–H and O–H groups in total. The van der Waals surface area contributed by atoms with Gasteiger partial charge in [-0.25, -0.2) is 9.36 Å². The molecule has 0 radical (unpaired) electrons. The van der Waals surface area contributed by atoms with Crippen molar-refractivity contribution in [2.75, 3.05) is 19.8 Å². The molecule has 0 saturated carbocycles. The maximum Gasteiger partial charge on any atom is 0.472 e. The van der Waals surface area contributed by atoms with E-state index in [1.165, 1.54) is 135 Å². The van der Waals surface area contributed by atoms with Gasteiger partial charge < -0.3 is 25.2 Å². The zero-order valence-corrected chi connectivity index (χ0v) is 44.0. The molecule has 0 saturated heterocycles. The highest BCUT2D eigenvalue weighted by Crippen LogP contribution is 2.43. The van der Waals surface area contributed by atoms with Crippen LogP contribution in [0.2, 0.25) is 0 Å². The molecule has 3 atom stereocenters. The summed E-state index contributed by atoms with van der Waals surface area (Å²) in [7, 11) is -4.77. The van der Waals surface area contributed by atoms with E-state index in [2.05, 4.69) is 79.9 Å². The first-order valence-corrected chi connectivity index (χ1v) is 28.8. The van der Waals surface area contributed by atoms with E-state index in [1.807, 2.05) is 0 Å². The number of aliphatic carboxylic acids is 1. The van der Waals surface area contributed by atoms with Crippen LogP contribution in [-0.2, 0) is 32.7 Å². The Kier molecular flexibility index (Phi) is 48.5. The number of rotatable bonds is 51. The summed E-state index contributed by atoms with van der Waals surface area (Å²) < 4.78 is 27.0. The number of amides is 1. The molecule has 0 aromatic heterocycles. The van der Waals surface area contributed by atoms with E-state index in [1.54, 1.807) is 0 Å². The second kappa shape index (κ2) is 50.6. The molecule has 0 aliphatic rings. The van der Waals surface area contributed by atoms with E-state index >= 15 is 0 Å². The summed E-state index contributed by atoms with van der Waals surface area (Å²) in [6, 6.07) is -1.55. The number of phosphoric acid groups is 1. The predicted molar refractivity (Wildman–Crippen MR) is 282 cm³/mol. The number of ether oxygens (including phenoxy) is 1.